The van der Waals surface area contributed by atoms with E-state index in [0.29, 0.717) is 16.8 Å². The van der Waals surface area contributed by atoms with E-state index < -0.39 is 0 Å². The molecule has 2 N–H and O–H groups in total. The average molecular weight is 322 g/mol. The summed E-state index contributed by atoms with van der Waals surface area (Å²) in [4.78, 5) is 7.45. The van der Waals surface area contributed by atoms with E-state index in [1.165, 1.54) is 0 Å². The van der Waals surface area contributed by atoms with Crippen molar-refractivity contribution in [2.24, 2.45) is 20.2 Å². The van der Waals surface area contributed by atoms with Crippen LogP contribution in [0.4, 0.5) is 0 Å². The number of aliphatic imine (C=N–C) groups is 2. The Morgan fingerprint density at radius 1 is 1.12 bits per heavy atom. The van der Waals surface area contributed by atoms with Gasteiger partial charge in [0.2, 0.25) is 0 Å². The molecule has 0 spiro atoms. The molecule has 0 rings (SSSR count). The van der Waals surface area contributed by atoms with E-state index in [1.54, 1.807) is 20.3 Å². The van der Waals surface area contributed by atoms with Crippen LogP contribution in [0.1, 0.15) is 13.3 Å². The molecule has 0 aromatic carbocycles. The van der Waals surface area contributed by atoms with E-state index in [-0.39, 0.29) is 17.1 Å². The molecule has 0 atom stereocenters. The summed E-state index contributed by atoms with van der Waals surface area (Å²) in [5.41, 5.74) is 5.90. The largest absolute Gasteiger partial charge is 2.00 e. The Balaban J connectivity index is 0. The van der Waals surface area contributed by atoms with Crippen LogP contribution in [-0.2, 0) is 42.3 Å². The molecule has 6 nitrogen and oxygen atoms in total. The van der Waals surface area contributed by atoms with Crippen molar-refractivity contribution in [1.29, 1.82) is 0 Å². The van der Waals surface area contributed by atoms with Crippen LogP contribution in [0.15, 0.2) is 20.2 Å². The van der Waals surface area contributed by atoms with Crippen LogP contribution in [-0.4, -0.2) is 36.4 Å². The van der Waals surface area contributed by atoms with Crippen LogP contribution in [0.2, 0.25) is 0 Å². The van der Waals surface area contributed by atoms with Crippen molar-refractivity contribution in [2.75, 3.05) is 14.1 Å². The molecule has 1 radical (unpaired) electrons. The maximum atomic E-state index is 4.81. The number of nitrogens with one attached hydrogen (secondary N) is 2. The molecule has 0 amide bonds. The predicted octanol–water partition coefficient (Wildman–Crippen LogP) is -0.0197. The third-order valence-electron chi connectivity index (χ3n) is 1.44. The number of amidine groups is 2. The molecular weight excluding hydrogens is 308 g/mol. The van der Waals surface area contributed by atoms with Gasteiger partial charge in [0.05, 0.1) is 11.9 Å². The second-order valence-corrected chi connectivity index (χ2v) is 3.27. The van der Waals surface area contributed by atoms with Crippen molar-refractivity contribution < 1.29 is 17.1 Å². The Bertz CT molecular complexity index is 326. The molecule has 9 heteroatoms. The monoisotopic (exact) mass is 321 g/mol. The number of rotatable bonds is 4. The molecule has 0 heterocycles. The Morgan fingerprint density at radius 2 is 1.65 bits per heavy atom. The van der Waals surface area contributed by atoms with Gasteiger partial charge in [-0.1, -0.05) is 6.92 Å². The Morgan fingerprint density at radius 3 is 2.12 bits per heavy atom. The first-order valence-electron chi connectivity index (χ1n) is 4.53. The van der Waals surface area contributed by atoms with Gasteiger partial charge in [0, 0.05) is 14.1 Å². The van der Waals surface area contributed by atoms with Gasteiger partial charge in [0.15, 0.2) is 0 Å². The summed E-state index contributed by atoms with van der Waals surface area (Å²) in [5.74, 6) is 0. The summed E-state index contributed by atoms with van der Waals surface area (Å²) in [6, 6.07) is 0. The van der Waals surface area contributed by atoms with Gasteiger partial charge in [-0.05, 0) is 16.8 Å². The van der Waals surface area contributed by atoms with Gasteiger partial charge in [-0.2, -0.15) is 10.2 Å². The van der Waals surface area contributed by atoms with Crippen molar-refractivity contribution in [3.05, 3.63) is 0 Å². The van der Waals surface area contributed by atoms with E-state index in [1.807, 2.05) is 6.92 Å². The number of nitrogens with zero attached hydrogens (tertiary/aromatic N) is 4. The molecule has 0 saturated carbocycles. The van der Waals surface area contributed by atoms with Gasteiger partial charge >= 0.3 is 17.1 Å². The van der Waals surface area contributed by atoms with Gasteiger partial charge in [-0.3, -0.25) is 20.8 Å². The molecule has 0 bridgehead atoms. The van der Waals surface area contributed by atoms with E-state index in [2.05, 4.69) is 31.0 Å². The van der Waals surface area contributed by atoms with Crippen LogP contribution >= 0.6 is 0 Å². The van der Waals surface area contributed by atoms with Crippen molar-refractivity contribution in [1.82, 2.24) is 10.9 Å². The zero-order valence-electron chi connectivity index (χ0n) is 9.69. The number of hydrogen-bond acceptors (Lipinski definition) is 6. The molecule has 0 saturated heterocycles. The van der Waals surface area contributed by atoms with Gasteiger partial charge in [0.1, 0.15) is 0 Å². The van der Waals surface area contributed by atoms with Crippen LogP contribution in [0.5, 0.6) is 0 Å². The first-order chi connectivity index (χ1) is 7.63. The third-order valence-corrected chi connectivity index (χ3v) is 1.99. The summed E-state index contributed by atoms with van der Waals surface area (Å²) in [6.07, 6.45) is 2.25. The quantitative estimate of drug-likeness (QED) is 0.251. The first-order valence-corrected chi connectivity index (χ1v) is 5.34. The Hall–Kier alpha value is -0.761. The summed E-state index contributed by atoms with van der Waals surface area (Å²) >= 11 is 9.60. The van der Waals surface area contributed by atoms with Crippen LogP contribution in [0, 0.1) is 0 Å². The smallest absolute Gasteiger partial charge is 0.741 e. The van der Waals surface area contributed by atoms with Crippen molar-refractivity contribution in [3.63, 3.8) is 0 Å². The molecule has 0 fully saturated rings. The molecule has 0 aliphatic rings. The average Bonchev–Trinajstić information content (AvgIpc) is 2.32. The zero-order valence-corrected chi connectivity index (χ0v) is 12.3. The van der Waals surface area contributed by atoms with Crippen molar-refractivity contribution >= 4 is 47.5 Å². The standard InChI is InChI=1S/C8H16N6S2.Cu/c1-4-6(12-14-8(16)10-3)5-11-13-7(15)9-2;/h5H,4H2,1-3H3,(H2,9,13,15)(H2,10,14,16);/q;+2/p-2/b11-5+,12-6?;. The van der Waals surface area contributed by atoms with E-state index in [0.717, 1.165) is 5.71 Å². The van der Waals surface area contributed by atoms with Crippen LogP contribution in [0.3, 0.4) is 0 Å². The second-order valence-electron chi connectivity index (χ2n) is 2.50. The molecule has 17 heavy (non-hydrogen) atoms. The first kappa shape index (κ1) is 18.6. The Labute approximate surface area is 123 Å². The Kier molecular flexibility index (Phi) is 12.8. The van der Waals surface area contributed by atoms with Crippen molar-refractivity contribution in [3.8, 4) is 0 Å². The van der Waals surface area contributed by atoms with Crippen molar-refractivity contribution in [2.45, 2.75) is 13.3 Å². The maximum Gasteiger partial charge on any atom is 2.00 e. The molecule has 99 valence electrons. The predicted molar refractivity (Wildman–Crippen MR) is 73.9 cm³/mol. The summed E-state index contributed by atoms with van der Waals surface area (Å²) < 4.78 is 0. The molecule has 0 aliphatic heterocycles. The molecule has 0 aliphatic carbocycles. The number of hydrogen-bond donors (Lipinski definition) is 2. The topological polar surface area (TPSA) is 73.5 Å². The molecule has 0 unspecified atom stereocenters. The molecule has 0 aromatic heterocycles. The van der Waals surface area contributed by atoms with Gasteiger partial charge in [-0.25, -0.2) is 0 Å². The van der Waals surface area contributed by atoms with E-state index in [4.69, 9.17) is 25.3 Å². The van der Waals surface area contributed by atoms with Crippen LogP contribution in [0.25, 0.3) is 0 Å². The minimum absolute atomic E-state index is 0. The second kappa shape index (κ2) is 11.7. The minimum atomic E-state index is 0. The fraction of sp³-hybridized carbons (Fsp3) is 0.500. The van der Waals surface area contributed by atoms with E-state index in [9.17, 15) is 0 Å². The fourth-order valence-corrected chi connectivity index (χ4v) is 0.679. The zero-order chi connectivity index (χ0) is 12.4. The third kappa shape index (κ3) is 10.1. The maximum absolute atomic E-state index is 4.81. The molecular formula is C8H14CuN6S2. The summed E-state index contributed by atoms with van der Waals surface area (Å²) in [6.45, 7) is 1.95. The summed E-state index contributed by atoms with van der Waals surface area (Å²) in [7, 11) is 3.18. The SMILES string of the molecule is CCC(/C=N/NC([S-])=NC)=NNC([S-])=NC.[Cu+2]. The normalized spacial score (nSPS) is 13.5. The van der Waals surface area contributed by atoms with Crippen LogP contribution < -0.4 is 10.9 Å². The number of hydrazone groups is 2. The fourth-order valence-electron chi connectivity index (χ4n) is 0.581. The molecule has 0 aromatic rings. The van der Waals surface area contributed by atoms with Gasteiger partial charge < -0.3 is 25.3 Å². The van der Waals surface area contributed by atoms with Gasteiger partial charge in [-0.15, -0.1) is 0 Å². The minimum Gasteiger partial charge on any atom is -0.741 e. The van der Waals surface area contributed by atoms with Gasteiger partial charge in [0.25, 0.3) is 0 Å². The summed E-state index contributed by atoms with van der Waals surface area (Å²) in [5, 5.41) is 8.51. The van der Waals surface area contributed by atoms with E-state index >= 15 is 0 Å².